The van der Waals surface area contributed by atoms with Crippen LogP contribution < -0.4 is 9.64 Å². The van der Waals surface area contributed by atoms with Gasteiger partial charge in [0.05, 0.1) is 12.0 Å². The lowest BCUT2D eigenvalue weighted by Crippen LogP contribution is -2.24. The fourth-order valence-corrected chi connectivity index (χ4v) is 1.87. The van der Waals surface area contributed by atoms with Crippen LogP contribution in [-0.4, -0.2) is 18.8 Å². The van der Waals surface area contributed by atoms with Gasteiger partial charge in [0.15, 0.2) is 0 Å². The smallest absolute Gasteiger partial charge is 0.406 e. The minimum atomic E-state index is -4.74. The van der Waals surface area contributed by atoms with Gasteiger partial charge in [-0.15, -0.1) is 13.2 Å². The van der Waals surface area contributed by atoms with Gasteiger partial charge in [0.25, 0.3) is 0 Å². The van der Waals surface area contributed by atoms with Gasteiger partial charge < -0.3 is 9.64 Å². The van der Waals surface area contributed by atoms with Gasteiger partial charge in [-0.1, -0.05) is 0 Å². The number of halogens is 3. The third kappa shape index (κ3) is 3.16. The topological polar surface area (TPSA) is 53.3 Å². The second-order valence-electron chi connectivity index (χ2n) is 4.08. The van der Waals surface area contributed by atoms with E-state index in [1.807, 2.05) is 6.07 Å². The number of hydrogen-bond acceptors (Lipinski definition) is 3. The van der Waals surface area contributed by atoms with E-state index in [1.54, 1.807) is 0 Å². The summed E-state index contributed by atoms with van der Waals surface area (Å²) in [7, 11) is 0. The molecule has 0 N–H and O–H groups in total. The number of benzene rings is 1. The molecule has 1 amide bonds. The maximum Gasteiger partial charge on any atom is 0.573 e. The fraction of sp³-hybridized carbons (Fsp3) is 0.333. The van der Waals surface area contributed by atoms with E-state index in [-0.39, 0.29) is 30.5 Å². The molecule has 1 atom stereocenters. The average molecular weight is 270 g/mol. The highest BCUT2D eigenvalue weighted by molar-refractivity contribution is 5.96. The first-order valence-corrected chi connectivity index (χ1v) is 5.45. The number of nitriles is 1. The van der Waals surface area contributed by atoms with Crippen molar-refractivity contribution in [1.29, 1.82) is 5.26 Å². The van der Waals surface area contributed by atoms with Crippen molar-refractivity contribution in [2.45, 2.75) is 12.8 Å². The summed E-state index contributed by atoms with van der Waals surface area (Å²) in [5.41, 5.74) is 0.456. The first kappa shape index (κ1) is 13.2. The molecule has 7 heteroatoms. The Hall–Kier alpha value is -2.23. The van der Waals surface area contributed by atoms with E-state index >= 15 is 0 Å². The number of rotatable bonds is 2. The Morgan fingerprint density at radius 1 is 1.32 bits per heavy atom. The molecule has 100 valence electrons. The summed E-state index contributed by atoms with van der Waals surface area (Å²) in [6.07, 6.45) is -4.60. The molecule has 0 spiro atoms. The van der Waals surface area contributed by atoms with Gasteiger partial charge in [-0.05, 0) is 24.3 Å². The van der Waals surface area contributed by atoms with Crippen LogP contribution >= 0.6 is 0 Å². The molecule has 1 aromatic carbocycles. The summed E-state index contributed by atoms with van der Waals surface area (Å²) >= 11 is 0. The number of carbonyl (C=O) groups excluding carboxylic acids is 1. The van der Waals surface area contributed by atoms with E-state index in [9.17, 15) is 18.0 Å². The monoisotopic (exact) mass is 270 g/mol. The Kier molecular flexibility index (Phi) is 3.34. The van der Waals surface area contributed by atoms with Crippen molar-refractivity contribution < 1.29 is 22.7 Å². The van der Waals surface area contributed by atoms with Gasteiger partial charge in [0, 0.05) is 18.7 Å². The summed E-state index contributed by atoms with van der Waals surface area (Å²) < 4.78 is 39.7. The lowest BCUT2D eigenvalue weighted by atomic mass is 10.1. The quantitative estimate of drug-likeness (QED) is 0.829. The van der Waals surface area contributed by atoms with Gasteiger partial charge in [-0.25, -0.2) is 0 Å². The summed E-state index contributed by atoms with van der Waals surface area (Å²) in [6, 6.07) is 6.99. The highest BCUT2D eigenvalue weighted by Crippen LogP contribution is 2.28. The molecule has 1 unspecified atom stereocenters. The first-order valence-electron chi connectivity index (χ1n) is 5.45. The van der Waals surface area contributed by atoms with Crippen LogP contribution in [0.15, 0.2) is 24.3 Å². The highest BCUT2D eigenvalue weighted by Gasteiger charge is 2.32. The molecule has 0 saturated carbocycles. The summed E-state index contributed by atoms with van der Waals surface area (Å²) in [4.78, 5) is 13.0. The van der Waals surface area contributed by atoms with Crippen LogP contribution in [-0.2, 0) is 4.79 Å². The third-order valence-corrected chi connectivity index (χ3v) is 2.69. The molecule has 1 heterocycles. The molecule has 0 aromatic heterocycles. The molecule has 1 aliphatic rings. The van der Waals surface area contributed by atoms with Crippen LogP contribution in [0.2, 0.25) is 0 Å². The van der Waals surface area contributed by atoms with Gasteiger partial charge in [-0.3, -0.25) is 4.79 Å². The predicted octanol–water partition coefficient (Wildman–Crippen LogP) is 2.46. The SMILES string of the molecule is N#CC1CC(=O)N(c2ccc(OC(F)(F)F)cc2)C1. The number of nitrogens with zero attached hydrogens (tertiary/aromatic N) is 2. The second kappa shape index (κ2) is 4.80. The standard InChI is InChI=1S/C12H9F3N2O2/c13-12(14,15)19-10-3-1-9(2-4-10)17-7-8(6-16)5-11(17)18/h1-4,8H,5,7H2. The van der Waals surface area contributed by atoms with E-state index in [0.29, 0.717) is 5.69 Å². The number of anilines is 1. The third-order valence-electron chi connectivity index (χ3n) is 2.69. The highest BCUT2D eigenvalue weighted by atomic mass is 19.4. The summed E-state index contributed by atoms with van der Waals surface area (Å²) in [5.74, 6) is -0.936. The van der Waals surface area contributed by atoms with Crippen molar-refractivity contribution in [3.8, 4) is 11.8 Å². The maximum absolute atomic E-state index is 12.0. The van der Waals surface area contributed by atoms with Crippen LogP contribution in [0.4, 0.5) is 18.9 Å². The van der Waals surface area contributed by atoms with E-state index < -0.39 is 6.36 Å². The van der Waals surface area contributed by atoms with Crippen molar-refractivity contribution in [2.75, 3.05) is 11.4 Å². The lowest BCUT2D eigenvalue weighted by molar-refractivity contribution is -0.274. The molecule has 1 fully saturated rings. The molecule has 0 aliphatic carbocycles. The van der Waals surface area contributed by atoms with Gasteiger partial charge in [0.1, 0.15) is 5.75 Å². The molecule has 2 rings (SSSR count). The predicted molar refractivity (Wildman–Crippen MR) is 59.2 cm³/mol. The van der Waals surface area contributed by atoms with Crippen LogP contribution in [0.3, 0.4) is 0 Å². The minimum Gasteiger partial charge on any atom is -0.406 e. The van der Waals surface area contributed by atoms with Gasteiger partial charge in [-0.2, -0.15) is 5.26 Å². The van der Waals surface area contributed by atoms with Crippen molar-refractivity contribution in [3.05, 3.63) is 24.3 Å². The first-order chi connectivity index (χ1) is 8.89. The zero-order valence-corrected chi connectivity index (χ0v) is 9.65. The van der Waals surface area contributed by atoms with E-state index in [0.717, 1.165) is 12.1 Å². The molecular formula is C12H9F3N2O2. The lowest BCUT2D eigenvalue weighted by Gasteiger charge is -2.16. The van der Waals surface area contributed by atoms with Crippen molar-refractivity contribution >= 4 is 11.6 Å². The Bertz CT molecular complexity index is 519. The number of alkyl halides is 3. The molecular weight excluding hydrogens is 261 g/mol. The second-order valence-corrected chi connectivity index (χ2v) is 4.08. The van der Waals surface area contributed by atoms with Crippen LogP contribution in [0, 0.1) is 17.2 Å². The van der Waals surface area contributed by atoms with E-state index in [1.165, 1.54) is 17.0 Å². The number of ether oxygens (including phenoxy) is 1. The molecule has 0 radical (unpaired) electrons. The zero-order chi connectivity index (χ0) is 14.0. The Morgan fingerprint density at radius 2 is 1.95 bits per heavy atom. The zero-order valence-electron chi connectivity index (χ0n) is 9.65. The number of amides is 1. The average Bonchev–Trinajstić information content (AvgIpc) is 2.70. The van der Waals surface area contributed by atoms with E-state index in [4.69, 9.17) is 5.26 Å². The normalized spacial score (nSPS) is 19.4. The van der Waals surface area contributed by atoms with E-state index in [2.05, 4.69) is 4.74 Å². The number of carbonyl (C=O) groups is 1. The molecule has 1 aliphatic heterocycles. The van der Waals surface area contributed by atoms with Crippen molar-refractivity contribution in [3.63, 3.8) is 0 Å². The maximum atomic E-state index is 12.0. The molecule has 1 saturated heterocycles. The summed E-state index contributed by atoms with van der Waals surface area (Å²) in [6.45, 7) is 0.259. The Labute approximate surface area is 107 Å². The molecule has 1 aromatic rings. The summed E-state index contributed by atoms with van der Waals surface area (Å²) in [5, 5.41) is 8.75. The van der Waals surface area contributed by atoms with Crippen LogP contribution in [0.25, 0.3) is 0 Å². The van der Waals surface area contributed by atoms with Gasteiger partial charge in [0.2, 0.25) is 5.91 Å². The number of hydrogen-bond donors (Lipinski definition) is 0. The van der Waals surface area contributed by atoms with Crippen molar-refractivity contribution in [1.82, 2.24) is 0 Å². The van der Waals surface area contributed by atoms with Crippen molar-refractivity contribution in [2.24, 2.45) is 5.92 Å². The molecule has 0 bridgehead atoms. The largest absolute Gasteiger partial charge is 0.573 e. The Morgan fingerprint density at radius 3 is 2.42 bits per heavy atom. The molecule has 19 heavy (non-hydrogen) atoms. The fourth-order valence-electron chi connectivity index (χ4n) is 1.87. The minimum absolute atomic E-state index is 0.136. The van der Waals surface area contributed by atoms with Gasteiger partial charge >= 0.3 is 6.36 Å². The van der Waals surface area contributed by atoms with Crippen LogP contribution in [0.1, 0.15) is 6.42 Å². The molecule has 4 nitrogen and oxygen atoms in total. The Balaban J connectivity index is 2.11. The van der Waals surface area contributed by atoms with Crippen LogP contribution in [0.5, 0.6) is 5.75 Å².